The summed E-state index contributed by atoms with van der Waals surface area (Å²) in [5.41, 5.74) is 0. The molecule has 0 radical (unpaired) electrons. The first-order chi connectivity index (χ1) is 5.81. The molecule has 2 saturated heterocycles. The van der Waals surface area contributed by atoms with Gasteiger partial charge in [0, 0.05) is 20.1 Å². The minimum Gasteiger partial charge on any atom is -0.357 e. The fraction of sp³-hybridized carbons (Fsp3) is 0.857. The summed E-state index contributed by atoms with van der Waals surface area (Å²) in [5, 5.41) is 5.67. The summed E-state index contributed by atoms with van der Waals surface area (Å²) in [5.74, 6) is -0.105. The van der Waals surface area contributed by atoms with E-state index >= 15 is 0 Å². The monoisotopic (exact) mass is 172 g/mol. The molecule has 2 heterocycles. The minimum absolute atomic E-state index is 0.105. The van der Waals surface area contributed by atoms with Crippen LogP contribution >= 0.6 is 0 Å². The quantitative estimate of drug-likeness (QED) is 0.502. The lowest BCUT2D eigenvalue weighted by Gasteiger charge is -2.19. The van der Waals surface area contributed by atoms with E-state index in [-0.39, 0.29) is 18.3 Å². The lowest BCUT2D eigenvalue weighted by molar-refractivity contribution is -0.132. The zero-order valence-electron chi connectivity index (χ0n) is 6.87. The first-order valence-electron chi connectivity index (χ1n) is 4.04. The molecule has 2 bridgehead atoms. The van der Waals surface area contributed by atoms with Crippen molar-refractivity contribution >= 4 is 5.91 Å². The highest BCUT2D eigenvalue weighted by molar-refractivity contribution is 5.81. The number of fused-ring (bicyclic) bond motifs is 2. The molecule has 0 saturated carbocycles. The first kappa shape index (κ1) is 7.97. The number of amides is 1. The van der Waals surface area contributed by atoms with Gasteiger partial charge in [-0.2, -0.15) is 0 Å². The minimum atomic E-state index is -0.435. The number of nitrogens with one attached hydrogen (secondary N) is 2. The number of hydrogen-bond acceptors (Lipinski definition) is 4. The number of carbonyl (C=O) groups excluding carboxylic acids is 1. The molecule has 0 aliphatic carbocycles. The largest absolute Gasteiger partial charge is 0.357 e. The van der Waals surface area contributed by atoms with Crippen molar-refractivity contribution in [1.29, 1.82) is 0 Å². The van der Waals surface area contributed by atoms with Crippen LogP contribution in [0.2, 0.25) is 0 Å². The Labute approximate surface area is 70.4 Å². The summed E-state index contributed by atoms with van der Waals surface area (Å²) in [6, 6.07) is 0. The van der Waals surface area contributed by atoms with E-state index in [9.17, 15) is 4.79 Å². The van der Waals surface area contributed by atoms with Crippen molar-refractivity contribution in [3.63, 3.8) is 0 Å². The van der Waals surface area contributed by atoms with Gasteiger partial charge in [-0.05, 0) is 0 Å². The molecule has 68 valence electrons. The van der Waals surface area contributed by atoms with E-state index in [1.54, 1.807) is 7.05 Å². The highest BCUT2D eigenvalue weighted by Crippen LogP contribution is 2.21. The number of ether oxygens (including phenoxy) is 2. The van der Waals surface area contributed by atoms with Gasteiger partial charge in [0.1, 0.15) is 6.10 Å². The molecule has 3 atom stereocenters. The third-order valence-electron chi connectivity index (χ3n) is 2.12. The van der Waals surface area contributed by atoms with Gasteiger partial charge in [0.15, 0.2) is 12.4 Å². The molecular weight excluding hydrogens is 160 g/mol. The van der Waals surface area contributed by atoms with Gasteiger partial charge in [0.2, 0.25) is 0 Å². The van der Waals surface area contributed by atoms with Gasteiger partial charge in [-0.3, -0.25) is 4.79 Å². The van der Waals surface area contributed by atoms with Crippen LogP contribution in [0.1, 0.15) is 0 Å². The van der Waals surface area contributed by atoms with Crippen LogP contribution in [-0.4, -0.2) is 44.5 Å². The lowest BCUT2D eigenvalue weighted by Crippen LogP contribution is -2.44. The summed E-state index contributed by atoms with van der Waals surface area (Å²) >= 11 is 0. The molecule has 0 spiro atoms. The smallest absolute Gasteiger partial charge is 0.251 e. The Morgan fingerprint density at radius 3 is 3.00 bits per heavy atom. The van der Waals surface area contributed by atoms with Crippen molar-refractivity contribution in [3.05, 3.63) is 0 Å². The second kappa shape index (κ2) is 3.01. The lowest BCUT2D eigenvalue weighted by atomic mass is 10.2. The Bertz CT molecular complexity index is 197. The van der Waals surface area contributed by atoms with Crippen molar-refractivity contribution in [3.8, 4) is 0 Å². The van der Waals surface area contributed by atoms with Gasteiger partial charge in [-0.15, -0.1) is 0 Å². The second-order valence-electron chi connectivity index (χ2n) is 2.93. The summed E-state index contributed by atoms with van der Waals surface area (Å²) in [6.45, 7) is 1.36. The molecule has 0 aromatic rings. The molecule has 12 heavy (non-hydrogen) atoms. The number of likely N-dealkylation sites (N-methyl/N-ethyl adjacent to an activating group) is 1. The fourth-order valence-corrected chi connectivity index (χ4v) is 1.52. The van der Waals surface area contributed by atoms with E-state index in [1.165, 1.54) is 0 Å². The Balaban J connectivity index is 2.04. The van der Waals surface area contributed by atoms with Gasteiger partial charge >= 0.3 is 0 Å². The molecule has 2 N–H and O–H groups in total. The van der Waals surface area contributed by atoms with Crippen LogP contribution in [0.15, 0.2) is 0 Å². The van der Waals surface area contributed by atoms with Crippen molar-refractivity contribution in [1.82, 2.24) is 10.6 Å². The number of morpholine rings is 1. The van der Waals surface area contributed by atoms with Crippen LogP contribution in [-0.2, 0) is 14.3 Å². The molecule has 5 nitrogen and oxygen atoms in total. The predicted octanol–water partition coefficient (Wildman–Crippen LogP) is -1.55. The summed E-state index contributed by atoms with van der Waals surface area (Å²) < 4.78 is 10.7. The van der Waals surface area contributed by atoms with Gasteiger partial charge < -0.3 is 20.1 Å². The van der Waals surface area contributed by atoms with Gasteiger partial charge in [0.05, 0.1) is 0 Å². The Morgan fingerprint density at radius 2 is 2.33 bits per heavy atom. The van der Waals surface area contributed by atoms with Crippen LogP contribution in [0, 0.1) is 0 Å². The third kappa shape index (κ3) is 1.20. The molecule has 5 heteroatoms. The highest BCUT2D eigenvalue weighted by Gasteiger charge is 2.42. The van der Waals surface area contributed by atoms with E-state index < -0.39 is 6.10 Å². The van der Waals surface area contributed by atoms with Crippen LogP contribution < -0.4 is 10.6 Å². The summed E-state index contributed by atoms with van der Waals surface area (Å²) in [4.78, 5) is 11.2. The molecule has 2 aliphatic rings. The summed E-state index contributed by atoms with van der Waals surface area (Å²) in [6.07, 6.45) is -0.801. The van der Waals surface area contributed by atoms with Crippen molar-refractivity contribution in [2.24, 2.45) is 0 Å². The molecule has 1 amide bonds. The molecule has 2 rings (SSSR count). The fourth-order valence-electron chi connectivity index (χ4n) is 1.52. The number of rotatable bonds is 1. The van der Waals surface area contributed by atoms with Crippen molar-refractivity contribution in [2.75, 3.05) is 20.1 Å². The maximum Gasteiger partial charge on any atom is 0.251 e. The Morgan fingerprint density at radius 1 is 1.50 bits per heavy atom. The van der Waals surface area contributed by atoms with Crippen LogP contribution in [0.5, 0.6) is 0 Å². The standard InChI is InChI=1S/C7H12N2O3/c1-8-7(10)6-4-2-9-3-5(11-4)12-6/h4-6,9H,2-3H2,1H3,(H,8,10). The van der Waals surface area contributed by atoms with Crippen molar-refractivity contribution < 1.29 is 14.3 Å². The maximum atomic E-state index is 11.2. The Kier molecular flexibility index (Phi) is 2.00. The maximum absolute atomic E-state index is 11.2. The predicted molar refractivity (Wildman–Crippen MR) is 40.5 cm³/mol. The average molecular weight is 172 g/mol. The number of carbonyl (C=O) groups is 1. The second-order valence-corrected chi connectivity index (χ2v) is 2.93. The highest BCUT2D eigenvalue weighted by atomic mass is 16.7. The van der Waals surface area contributed by atoms with Gasteiger partial charge in [-0.25, -0.2) is 0 Å². The Hall–Kier alpha value is -0.650. The SMILES string of the molecule is CNC(=O)C1OC2CNCC1O2. The van der Waals surface area contributed by atoms with Crippen LogP contribution in [0.3, 0.4) is 0 Å². The number of hydrogen-bond donors (Lipinski definition) is 2. The first-order valence-corrected chi connectivity index (χ1v) is 4.04. The normalized spacial score (nSPS) is 39.6. The zero-order chi connectivity index (χ0) is 8.55. The van der Waals surface area contributed by atoms with E-state index in [0.717, 1.165) is 0 Å². The molecule has 2 fully saturated rings. The topological polar surface area (TPSA) is 59.6 Å². The van der Waals surface area contributed by atoms with Gasteiger partial charge in [0.25, 0.3) is 5.91 Å². The van der Waals surface area contributed by atoms with E-state index in [2.05, 4.69) is 10.6 Å². The summed E-state index contributed by atoms with van der Waals surface area (Å²) in [7, 11) is 1.60. The van der Waals surface area contributed by atoms with E-state index in [0.29, 0.717) is 13.1 Å². The molecule has 3 unspecified atom stereocenters. The molecule has 0 aromatic heterocycles. The third-order valence-corrected chi connectivity index (χ3v) is 2.12. The molecular formula is C7H12N2O3. The van der Waals surface area contributed by atoms with Crippen molar-refractivity contribution in [2.45, 2.75) is 18.5 Å². The van der Waals surface area contributed by atoms with Crippen LogP contribution in [0.25, 0.3) is 0 Å². The van der Waals surface area contributed by atoms with Gasteiger partial charge in [-0.1, -0.05) is 0 Å². The van der Waals surface area contributed by atoms with E-state index in [1.807, 2.05) is 0 Å². The van der Waals surface area contributed by atoms with E-state index in [4.69, 9.17) is 9.47 Å². The zero-order valence-corrected chi connectivity index (χ0v) is 6.87. The molecule has 2 aliphatic heterocycles. The van der Waals surface area contributed by atoms with Crippen LogP contribution in [0.4, 0.5) is 0 Å². The average Bonchev–Trinajstić information content (AvgIpc) is 2.40. The molecule has 0 aromatic carbocycles.